The van der Waals surface area contributed by atoms with Gasteiger partial charge in [-0.25, -0.2) is 9.38 Å². The summed E-state index contributed by atoms with van der Waals surface area (Å²) in [6.45, 7) is 19.5. The van der Waals surface area contributed by atoms with E-state index < -0.39 is 5.82 Å². The normalized spacial score (nSPS) is 14.8. The summed E-state index contributed by atoms with van der Waals surface area (Å²) in [6.07, 6.45) is 13.5. The van der Waals surface area contributed by atoms with Crippen LogP contribution in [0.4, 0.5) is 4.39 Å². The van der Waals surface area contributed by atoms with E-state index in [1.807, 2.05) is 45.0 Å². The van der Waals surface area contributed by atoms with Crippen molar-refractivity contribution in [2.45, 2.75) is 119 Å². The second-order valence-corrected chi connectivity index (χ2v) is 11.6. The number of allylic oxidation sites excluding steroid dienone is 3. The second-order valence-electron chi connectivity index (χ2n) is 11.6. The van der Waals surface area contributed by atoms with Gasteiger partial charge in [0.1, 0.15) is 18.7 Å². The van der Waals surface area contributed by atoms with Crippen LogP contribution in [0.2, 0.25) is 0 Å². The third-order valence-corrected chi connectivity index (χ3v) is 7.75. The molecule has 0 aliphatic carbocycles. The number of ether oxygens (including phenoxy) is 2. The molecule has 2 aromatic carbocycles. The Labute approximate surface area is 272 Å². The molecule has 45 heavy (non-hydrogen) atoms. The number of nitriles is 1. The van der Waals surface area contributed by atoms with E-state index in [4.69, 9.17) is 14.7 Å². The van der Waals surface area contributed by atoms with Crippen LogP contribution in [0.25, 0.3) is 0 Å². The summed E-state index contributed by atoms with van der Waals surface area (Å²) < 4.78 is 24.7. The monoisotopic (exact) mass is 618 g/mol. The third kappa shape index (κ3) is 15.8. The second kappa shape index (κ2) is 22.9. The number of carbonyl (C=O) groups is 1. The molecule has 6 heteroatoms. The molecule has 0 spiro atoms. The molecule has 0 bridgehead atoms. The van der Waals surface area contributed by atoms with Crippen LogP contribution in [0.3, 0.4) is 0 Å². The maximum Gasteiger partial charge on any atom is 0.188 e. The first-order valence-electron chi connectivity index (χ1n) is 16.5. The van der Waals surface area contributed by atoms with Gasteiger partial charge in [0.15, 0.2) is 5.90 Å². The minimum atomic E-state index is -0.406. The molecule has 2 aliphatic rings. The summed E-state index contributed by atoms with van der Waals surface area (Å²) in [5.41, 5.74) is 6.30. The topological polar surface area (TPSA) is 71.7 Å². The molecule has 0 aromatic heterocycles. The summed E-state index contributed by atoms with van der Waals surface area (Å²) in [7, 11) is 0. The molecule has 2 heterocycles. The van der Waals surface area contributed by atoms with Crippen LogP contribution in [0.15, 0.2) is 65.3 Å². The number of aliphatic imine (C=N–C) groups is 1. The number of nitrogens with zero attached hydrogens (tertiary/aromatic N) is 2. The Morgan fingerprint density at radius 2 is 1.80 bits per heavy atom. The Kier molecular flexibility index (Phi) is 20.1. The van der Waals surface area contributed by atoms with Crippen molar-refractivity contribution in [1.82, 2.24) is 0 Å². The Balaban J connectivity index is 0.000000389. The molecular formula is C39H55FN2O3. The maximum atomic E-state index is 13.9. The largest absolute Gasteiger partial charge is 0.476 e. The SMILES string of the molecule is C=C(C)CC.CCC1CCO1.CCCC(CCC)C1=CCCC(OCc2ccc(C#N)cc2F)=N1.Cc1ccc(C=O)cc1C. The van der Waals surface area contributed by atoms with Gasteiger partial charge in [-0.05, 0) is 88.6 Å². The predicted molar refractivity (Wildman–Crippen MR) is 185 cm³/mol. The Morgan fingerprint density at radius 1 is 1.13 bits per heavy atom. The average Bonchev–Trinajstić information content (AvgIpc) is 3.02. The van der Waals surface area contributed by atoms with Gasteiger partial charge in [-0.1, -0.05) is 70.4 Å². The van der Waals surface area contributed by atoms with Crippen molar-refractivity contribution in [3.63, 3.8) is 0 Å². The van der Waals surface area contributed by atoms with Crippen molar-refractivity contribution in [2.24, 2.45) is 10.9 Å². The maximum absolute atomic E-state index is 13.9. The first-order chi connectivity index (χ1) is 21.6. The molecule has 1 unspecified atom stereocenters. The van der Waals surface area contributed by atoms with Crippen molar-refractivity contribution in [3.05, 3.63) is 94.0 Å². The fourth-order valence-corrected chi connectivity index (χ4v) is 4.43. The molecule has 0 N–H and O–H groups in total. The zero-order valence-corrected chi connectivity index (χ0v) is 28.8. The number of aryl methyl sites for hydroxylation is 2. The van der Waals surface area contributed by atoms with Crippen LogP contribution in [-0.4, -0.2) is 24.9 Å². The smallest absolute Gasteiger partial charge is 0.188 e. The van der Waals surface area contributed by atoms with Gasteiger partial charge in [-0.2, -0.15) is 5.26 Å². The molecule has 0 radical (unpaired) electrons. The summed E-state index contributed by atoms with van der Waals surface area (Å²) in [6, 6.07) is 12.1. The van der Waals surface area contributed by atoms with E-state index in [0.29, 0.717) is 29.0 Å². The van der Waals surface area contributed by atoms with E-state index in [0.717, 1.165) is 69.1 Å². The molecule has 2 aliphatic heterocycles. The molecule has 1 atom stereocenters. The van der Waals surface area contributed by atoms with Gasteiger partial charge in [-0.15, -0.1) is 6.58 Å². The summed E-state index contributed by atoms with van der Waals surface area (Å²) in [5.74, 6) is 0.773. The highest BCUT2D eigenvalue weighted by Crippen LogP contribution is 2.27. The summed E-state index contributed by atoms with van der Waals surface area (Å²) in [5, 5.41) is 8.78. The van der Waals surface area contributed by atoms with Crippen LogP contribution >= 0.6 is 0 Å². The number of benzene rings is 2. The van der Waals surface area contributed by atoms with Crippen LogP contribution < -0.4 is 0 Å². The minimum absolute atomic E-state index is 0.149. The Morgan fingerprint density at radius 3 is 2.24 bits per heavy atom. The molecule has 246 valence electrons. The Bertz CT molecular complexity index is 1280. The van der Waals surface area contributed by atoms with Crippen molar-refractivity contribution >= 4 is 12.2 Å². The van der Waals surface area contributed by atoms with Gasteiger partial charge in [0.05, 0.1) is 17.7 Å². The van der Waals surface area contributed by atoms with Crippen molar-refractivity contribution in [3.8, 4) is 6.07 Å². The number of carbonyl (C=O) groups excluding carboxylic acids is 1. The molecule has 2 aromatic rings. The lowest BCUT2D eigenvalue weighted by atomic mass is 9.93. The first-order valence-corrected chi connectivity index (χ1v) is 16.5. The number of hydrogen-bond donors (Lipinski definition) is 0. The molecule has 1 saturated heterocycles. The van der Waals surface area contributed by atoms with Gasteiger partial charge in [0.25, 0.3) is 0 Å². The van der Waals surface area contributed by atoms with E-state index in [9.17, 15) is 9.18 Å². The van der Waals surface area contributed by atoms with E-state index >= 15 is 0 Å². The van der Waals surface area contributed by atoms with Crippen molar-refractivity contribution < 1.29 is 18.7 Å². The van der Waals surface area contributed by atoms with E-state index in [1.165, 1.54) is 35.6 Å². The minimum Gasteiger partial charge on any atom is -0.476 e. The molecule has 5 nitrogen and oxygen atoms in total. The molecular weight excluding hydrogens is 563 g/mol. The van der Waals surface area contributed by atoms with Crippen molar-refractivity contribution in [2.75, 3.05) is 6.61 Å². The Hall–Kier alpha value is -3.56. The van der Waals surface area contributed by atoms with Gasteiger partial charge >= 0.3 is 0 Å². The fourth-order valence-electron chi connectivity index (χ4n) is 4.43. The number of rotatable bonds is 10. The van der Waals surface area contributed by atoms with Gasteiger partial charge in [0, 0.05) is 35.8 Å². The van der Waals surface area contributed by atoms with Crippen LogP contribution in [0, 0.1) is 36.9 Å². The lowest BCUT2D eigenvalue weighted by Gasteiger charge is -2.24. The van der Waals surface area contributed by atoms with E-state index in [2.05, 4.69) is 45.3 Å². The molecule has 0 amide bonds. The standard InChI is InChI=1S/C20H25FN2O.C9H10O.C5H10O.C5H10/c1-3-6-16(7-4-2)19-8-5-9-20(23-19)24-14-17-11-10-15(13-22)12-18(17)21;1-7-3-4-9(6-10)5-8(7)2;1-2-5-3-4-6-5;1-4-5(2)3/h8,10-12,16H,3-7,9,14H2,1-2H3;3-6H,1-2H3;5H,2-4H2,1H3;2,4H2,1,3H3. The van der Waals surface area contributed by atoms with Crippen LogP contribution in [-0.2, 0) is 16.1 Å². The number of hydrogen-bond acceptors (Lipinski definition) is 5. The molecule has 0 saturated carbocycles. The fraction of sp³-hybridized carbons (Fsp3) is 0.513. The average molecular weight is 619 g/mol. The predicted octanol–water partition coefficient (Wildman–Crippen LogP) is 10.8. The third-order valence-electron chi connectivity index (χ3n) is 7.75. The lowest BCUT2D eigenvalue weighted by Crippen LogP contribution is -2.25. The summed E-state index contributed by atoms with van der Waals surface area (Å²) >= 11 is 0. The zero-order valence-electron chi connectivity index (χ0n) is 28.8. The van der Waals surface area contributed by atoms with Gasteiger partial charge < -0.3 is 9.47 Å². The molecule has 4 rings (SSSR count). The molecule has 1 fully saturated rings. The quantitative estimate of drug-likeness (QED) is 0.196. The first kappa shape index (κ1) is 39.5. The van der Waals surface area contributed by atoms with Gasteiger partial charge in [-0.3, -0.25) is 4.79 Å². The number of halogens is 1. The highest BCUT2D eigenvalue weighted by Gasteiger charge is 2.17. The highest BCUT2D eigenvalue weighted by atomic mass is 19.1. The van der Waals surface area contributed by atoms with Crippen molar-refractivity contribution in [1.29, 1.82) is 5.26 Å². The highest BCUT2D eigenvalue weighted by molar-refractivity contribution is 5.78. The lowest BCUT2D eigenvalue weighted by molar-refractivity contribution is -0.0516. The van der Waals surface area contributed by atoms with Crippen LogP contribution in [0.5, 0.6) is 0 Å². The summed E-state index contributed by atoms with van der Waals surface area (Å²) in [4.78, 5) is 14.9. The zero-order chi connectivity index (χ0) is 33.6. The van der Waals surface area contributed by atoms with E-state index in [1.54, 1.807) is 12.1 Å². The van der Waals surface area contributed by atoms with E-state index in [-0.39, 0.29) is 6.61 Å². The van der Waals surface area contributed by atoms with Crippen LogP contribution in [0.1, 0.15) is 125 Å². The number of aldehydes is 1. The van der Waals surface area contributed by atoms with Gasteiger partial charge in [0.2, 0.25) is 0 Å².